The highest BCUT2D eigenvalue weighted by Gasteiger charge is 2.43. The second kappa shape index (κ2) is 7.96. The van der Waals surface area contributed by atoms with Crippen molar-refractivity contribution < 1.29 is 9.59 Å². The first-order valence-electron chi connectivity index (χ1n) is 12.0. The summed E-state index contributed by atoms with van der Waals surface area (Å²) in [7, 11) is 0. The average molecular weight is 485 g/mol. The number of benzene rings is 2. The number of para-hydroxylation sites is 2. The molecule has 4 aromatic heterocycles. The Bertz CT molecular complexity index is 1920. The van der Waals surface area contributed by atoms with E-state index in [1.165, 1.54) is 4.90 Å². The van der Waals surface area contributed by atoms with Gasteiger partial charge in [0.25, 0.3) is 11.8 Å². The fraction of sp³-hybridized carbons (Fsp3) is 0.0690. The molecule has 178 valence electrons. The number of imide groups is 1. The molecule has 0 fully saturated rings. The summed E-state index contributed by atoms with van der Waals surface area (Å²) in [6.45, 7) is 2.52. The fourth-order valence-electron chi connectivity index (χ4n) is 5.08. The smallest absolute Gasteiger partial charge is 0.268 e. The zero-order valence-corrected chi connectivity index (χ0v) is 19.8. The molecule has 6 aromatic rings. The van der Waals surface area contributed by atoms with Crippen LogP contribution in [0.4, 0.5) is 5.69 Å². The molecule has 0 saturated carbocycles. The van der Waals surface area contributed by atoms with Crippen molar-refractivity contribution in [2.45, 2.75) is 13.5 Å². The average Bonchev–Trinajstić information content (AvgIpc) is 3.59. The second-order valence-electron chi connectivity index (χ2n) is 8.84. The number of aryl methyl sites for hydroxylation is 1. The van der Waals surface area contributed by atoms with E-state index >= 15 is 0 Å². The third-order valence-corrected chi connectivity index (χ3v) is 6.78. The van der Waals surface area contributed by atoms with Crippen LogP contribution in [0, 0.1) is 0 Å². The molecule has 0 radical (unpaired) electrons. The summed E-state index contributed by atoms with van der Waals surface area (Å²) in [5, 5.41) is 6.36. The maximum atomic E-state index is 14.1. The minimum absolute atomic E-state index is 0.257. The van der Waals surface area contributed by atoms with E-state index in [2.05, 4.69) is 9.97 Å². The molecule has 8 nitrogen and oxygen atoms in total. The number of carbonyl (C=O) groups is 2. The highest BCUT2D eigenvalue weighted by Crippen LogP contribution is 2.42. The topological polar surface area (TPSA) is 96.8 Å². The van der Waals surface area contributed by atoms with Crippen molar-refractivity contribution in [1.82, 2.24) is 24.7 Å². The van der Waals surface area contributed by atoms with Gasteiger partial charge in [0, 0.05) is 40.8 Å². The van der Waals surface area contributed by atoms with E-state index in [0.717, 1.165) is 16.4 Å². The van der Waals surface area contributed by atoms with Gasteiger partial charge in [-0.15, -0.1) is 0 Å². The summed E-state index contributed by atoms with van der Waals surface area (Å²) >= 11 is 0. The Morgan fingerprint density at radius 1 is 0.838 bits per heavy atom. The van der Waals surface area contributed by atoms with Crippen molar-refractivity contribution in [2.24, 2.45) is 0 Å². The quantitative estimate of drug-likeness (QED) is 0.357. The van der Waals surface area contributed by atoms with E-state index in [4.69, 9.17) is 10.1 Å². The van der Waals surface area contributed by atoms with E-state index in [0.29, 0.717) is 45.6 Å². The minimum Gasteiger partial charge on any atom is -0.361 e. The van der Waals surface area contributed by atoms with Crippen LogP contribution in [0.1, 0.15) is 18.2 Å². The van der Waals surface area contributed by atoms with Gasteiger partial charge < -0.3 is 4.98 Å². The van der Waals surface area contributed by atoms with Gasteiger partial charge in [0.2, 0.25) is 0 Å². The maximum Gasteiger partial charge on any atom is 0.268 e. The molecule has 7 rings (SSSR count). The highest BCUT2D eigenvalue weighted by atomic mass is 16.2. The molecule has 1 aliphatic rings. The van der Waals surface area contributed by atoms with Gasteiger partial charge in [-0.25, -0.2) is 14.6 Å². The van der Waals surface area contributed by atoms with Crippen LogP contribution in [0.2, 0.25) is 0 Å². The zero-order chi connectivity index (χ0) is 25.1. The van der Waals surface area contributed by atoms with Gasteiger partial charge in [-0.3, -0.25) is 14.6 Å². The van der Waals surface area contributed by atoms with Crippen molar-refractivity contribution >= 4 is 61.6 Å². The normalized spacial score (nSPS) is 14.1. The number of rotatable bonds is 4. The lowest BCUT2D eigenvalue weighted by atomic mass is 9.98. The van der Waals surface area contributed by atoms with Crippen LogP contribution in [0.5, 0.6) is 0 Å². The largest absolute Gasteiger partial charge is 0.361 e. The molecule has 5 heterocycles. The summed E-state index contributed by atoms with van der Waals surface area (Å²) in [6.07, 6.45) is 3.49. The van der Waals surface area contributed by atoms with Crippen LogP contribution < -0.4 is 4.90 Å². The van der Waals surface area contributed by atoms with Gasteiger partial charge in [-0.05, 0) is 43.3 Å². The predicted octanol–water partition coefficient (Wildman–Crippen LogP) is 4.96. The summed E-state index contributed by atoms with van der Waals surface area (Å²) < 4.78 is 1.76. The lowest BCUT2D eigenvalue weighted by Crippen LogP contribution is -2.31. The van der Waals surface area contributed by atoms with Crippen LogP contribution in [-0.2, 0) is 16.1 Å². The van der Waals surface area contributed by atoms with Crippen molar-refractivity contribution in [1.29, 1.82) is 0 Å². The predicted molar refractivity (Wildman–Crippen MR) is 143 cm³/mol. The van der Waals surface area contributed by atoms with E-state index in [1.807, 2.05) is 67.6 Å². The fourth-order valence-corrected chi connectivity index (χ4v) is 5.08. The molecule has 37 heavy (non-hydrogen) atoms. The maximum absolute atomic E-state index is 14.1. The molecule has 0 saturated heterocycles. The Morgan fingerprint density at radius 3 is 2.46 bits per heavy atom. The number of H-pyrrole nitrogens is 1. The molecule has 0 spiro atoms. The number of anilines is 1. The molecule has 0 unspecified atom stereocenters. The number of pyridine rings is 2. The van der Waals surface area contributed by atoms with Gasteiger partial charge in [-0.2, -0.15) is 5.10 Å². The molecule has 2 amide bonds. The van der Waals surface area contributed by atoms with Gasteiger partial charge in [-0.1, -0.05) is 36.4 Å². The second-order valence-corrected chi connectivity index (χ2v) is 8.84. The van der Waals surface area contributed by atoms with Crippen LogP contribution in [-0.4, -0.2) is 36.5 Å². The van der Waals surface area contributed by atoms with Crippen LogP contribution in [0.15, 0.2) is 85.2 Å². The molecular formula is C29H20N6O2. The molecule has 1 aliphatic heterocycles. The zero-order valence-electron chi connectivity index (χ0n) is 19.8. The lowest BCUT2D eigenvalue weighted by Gasteiger charge is -2.14. The van der Waals surface area contributed by atoms with E-state index in [1.54, 1.807) is 29.2 Å². The van der Waals surface area contributed by atoms with Gasteiger partial charge in [0.05, 0.1) is 27.9 Å². The summed E-state index contributed by atoms with van der Waals surface area (Å²) in [6, 6.07) is 22.3. The van der Waals surface area contributed by atoms with Crippen LogP contribution >= 0.6 is 0 Å². The molecular weight excluding hydrogens is 464 g/mol. The molecule has 0 aliphatic carbocycles. The Morgan fingerprint density at radius 2 is 1.62 bits per heavy atom. The first-order chi connectivity index (χ1) is 18.2. The standard InChI is InChI=1S/C29H20N6O2/c1-2-34-27-19(15-23-22(32-27)13-8-14-30-23)26(33-34)25-24(20-16-31-21-12-7-6-11-18(20)21)28(36)35(29(25)37)17-9-4-3-5-10-17/h3-16,31H,2H2,1H3. The van der Waals surface area contributed by atoms with Gasteiger partial charge in [0.15, 0.2) is 5.65 Å². The molecule has 1 N–H and O–H groups in total. The first-order valence-corrected chi connectivity index (χ1v) is 12.0. The Kier molecular flexibility index (Phi) is 4.56. The van der Waals surface area contributed by atoms with Crippen molar-refractivity contribution in [3.05, 3.63) is 96.4 Å². The third-order valence-electron chi connectivity index (χ3n) is 6.78. The Hall–Kier alpha value is -5.11. The summed E-state index contributed by atoms with van der Waals surface area (Å²) in [5.74, 6) is -0.803. The van der Waals surface area contributed by atoms with E-state index < -0.39 is 5.91 Å². The van der Waals surface area contributed by atoms with Crippen molar-refractivity contribution in [3.8, 4) is 0 Å². The van der Waals surface area contributed by atoms with E-state index in [-0.39, 0.29) is 11.5 Å². The Balaban J connectivity index is 1.56. The highest BCUT2D eigenvalue weighted by molar-refractivity contribution is 6.58. The number of nitrogens with zero attached hydrogens (tertiary/aromatic N) is 5. The van der Waals surface area contributed by atoms with Crippen LogP contribution in [0.3, 0.4) is 0 Å². The number of nitrogens with one attached hydrogen (secondary N) is 1. The van der Waals surface area contributed by atoms with Crippen molar-refractivity contribution in [3.63, 3.8) is 0 Å². The number of carbonyl (C=O) groups excluding carboxylic acids is 2. The molecule has 0 bridgehead atoms. The Labute approximate surface area is 210 Å². The molecule has 0 atom stereocenters. The van der Waals surface area contributed by atoms with Gasteiger partial charge >= 0.3 is 0 Å². The number of aromatic nitrogens is 5. The molecule has 8 heteroatoms. The summed E-state index contributed by atoms with van der Waals surface area (Å²) in [4.78, 5) is 41.9. The monoisotopic (exact) mass is 484 g/mol. The minimum atomic E-state index is -0.416. The number of hydrogen-bond donors (Lipinski definition) is 1. The van der Waals surface area contributed by atoms with Crippen LogP contribution in [0.25, 0.3) is 44.1 Å². The van der Waals surface area contributed by atoms with E-state index in [9.17, 15) is 9.59 Å². The number of fused-ring (bicyclic) bond motifs is 3. The first kappa shape index (κ1) is 21.2. The lowest BCUT2D eigenvalue weighted by molar-refractivity contribution is -0.119. The van der Waals surface area contributed by atoms with Crippen molar-refractivity contribution in [2.75, 3.05) is 4.90 Å². The summed E-state index contributed by atoms with van der Waals surface area (Å²) in [5.41, 5.74) is 5.12. The SMILES string of the molecule is CCn1nc(C2=C(c3c[nH]c4ccccc34)C(=O)N(c3ccccc3)C2=O)c2cc3ncccc3nc21. The number of aromatic amines is 1. The number of amides is 2. The molecule has 2 aromatic carbocycles. The number of hydrogen-bond acceptors (Lipinski definition) is 5. The third kappa shape index (κ3) is 3.05. The van der Waals surface area contributed by atoms with Gasteiger partial charge in [0.1, 0.15) is 5.69 Å².